The number of thioether (sulfide) groups is 1. The topological polar surface area (TPSA) is 99.2 Å². The van der Waals surface area contributed by atoms with Crippen LogP contribution in [0.5, 0.6) is 0 Å². The summed E-state index contributed by atoms with van der Waals surface area (Å²) >= 11 is 1.30. The van der Waals surface area contributed by atoms with Crippen LogP contribution in [0.3, 0.4) is 0 Å². The van der Waals surface area contributed by atoms with Crippen LogP contribution in [0.4, 0.5) is 0 Å². The van der Waals surface area contributed by atoms with Crippen LogP contribution in [0.1, 0.15) is 54.3 Å². The predicted molar refractivity (Wildman–Crippen MR) is 125 cm³/mol. The molecule has 0 aliphatic heterocycles. The Kier molecular flexibility index (Phi) is 8.47. The Hall–Kier alpha value is -1.71. The molecule has 0 aliphatic carbocycles. The van der Waals surface area contributed by atoms with Gasteiger partial charge in [-0.25, -0.2) is 14.8 Å². The molecule has 0 spiro atoms. The molecule has 9 heteroatoms. The first-order chi connectivity index (χ1) is 14.3. The normalized spacial score (nSPS) is 13.5. The minimum absolute atomic E-state index is 0.0238. The fourth-order valence-corrected chi connectivity index (χ4v) is 4.03. The standard InChI is InChI=1S/C22H36N4O4S/c1-13(2)10-26-18-17(20(28)25(8)21(26)29)19(24-16(23-18)9-22(5,6)7)31-12-15(27)11-30-14(3)4/h13-15,27H,9-12H2,1-8H3/t15-/m1/s1. The van der Waals surface area contributed by atoms with E-state index in [4.69, 9.17) is 4.74 Å². The van der Waals surface area contributed by atoms with Gasteiger partial charge >= 0.3 is 5.69 Å². The molecule has 1 N–H and O–H groups in total. The van der Waals surface area contributed by atoms with E-state index in [-0.39, 0.29) is 29.7 Å². The van der Waals surface area contributed by atoms with Gasteiger partial charge in [0.2, 0.25) is 0 Å². The van der Waals surface area contributed by atoms with Crippen LogP contribution in [0.15, 0.2) is 14.6 Å². The molecule has 2 aromatic heterocycles. The van der Waals surface area contributed by atoms with Crippen LogP contribution in [0.2, 0.25) is 0 Å². The Morgan fingerprint density at radius 2 is 1.77 bits per heavy atom. The van der Waals surface area contributed by atoms with E-state index in [0.717, 1.165) is 4.57 Å². The lowest BCUT2D eigenvalue weighted by atomic mass is 9.92. The molecule has 31 heavy (non-hydrogen) atoms. The molecule has 0 unspecified atom stereocenters. The van der Waals surface area contributed by atoms with Gasteiger partial charge in [-0.05, 0) is 25.2 Å². The van der Waals surface area contributed by atoms with Crippen molar-refractivity contribution in [2.75, 3.05) is 12.4 Å². The van der Waals surface area contributed by atoms with E-state index in [1.807, 2.05) is 27.7 Å². The summed E-state index contributed by atoms with van der Waals surface area (Å²) in [5, 5.41) is 11.1. The summed E-state index contributed by atoms with van der Waals surface area (Å²) in [5.74, 6) is 1.10. The molecule has 0 aromatic carbocycles. The zero-order chi connectivity index (χ0) is 23.5. The van der Waals surface area contributed by atoms with Crippen molar-refractivity contribution in [3.05, 3.63) is 26.7 Å². The molecule has 2 heterocycles. The van der Waals surface area contributed by atoms with E-state index >= 15 is 0 Å². The molecule has 2 rings (SSSR count). The number of fused-ring (bicyclic) bond motifs is 1. The van der Waals surface area contributed by atoms with Crippen LogP contribution in [-0.4, -0.2) is 48.8 Å². The second-order valence-electron chi connectivity index (χ2n) is 9.88. The number of nitrogens with zero attached hydrogens (tertiary/aromatic N) is 4. The summed E-state index contributed by atoms with van der Waals surface area (Å²) in [7, 11) is 1.48. The second-order valence-corrected chi connectivity index (χ2v) is 10.9. The third kappa shape index (κ3) is 6.89. The smallest absolute Gasteiger partial charge is 0.332 e. The van der Waals surface area contributed by atoms with Gasteiger partial charge in [0.05, 0.1) is 18.8 Å². The molecule has 0 aliphatic rings. The molecule has 0 radical (unpaired) electrons. The van der Waals surface area contributed by atoms with E-state index in [1.165, 1.54) is 18.8 Å². The average molecular weight is 453 g/mol. The molecular weight excluding hydrogens is 416 g/mol. The lowest BCUT2D eigenvalue weighted by Crippen LogP contribution is -2.40. The minimum Gasteiger partial charge on any atom is -0.390 e. The molecule has 0 bridgehead atoms. The fourth-order valence-electron chi connectivity index (χ4n) is 3.09. The van der Waals surface area contributed by atoms with Gasteiger partial charge in [0.1, 0.15) is 16.2 Å². The van der Waals surface area contributed by atoms with Gasteiger partial charge in [-0.3, -0.25) is 13.9 Å². The van der Waals surface area contributed by atoms with Crippen molar-refractivity contribution in [3.63, 3.8) is 0 Å². The highest BCUT2D eigenvalue weighted by Gasteiger charge is 2.22. The summed E-state index contributed by atoms with van der Waals surface area (Å²) in [5.41, 5.74) is -0.500. The summed E-state index contributed by atoms with van der Waals surface area (Å²) in [6.07, 6.45) is -0.0785. The van der Waals surface area contributed by atoms with Crippen molar-refractivity contribution in [2.45, 2.75) is 78.7 Å². The first-order valence-electron chi connectivity index (χ1n) is 10.7. The number of rotatable bonds is 9. The fraction of sp³-hybridized carbons (Fsp3) is 0.727. The third-order valence-electron chi connectivity index (χ3n) is 4.47. The Morgan fingerprint density at radius 3 is 2.32 bits per heavy atom. The van der Waals surface area contributed by atoms with E-state index in [1.54, 1.807) is 4.57 Å². The highest BCUT2D eigenvalue weighted by Crippen LogP contribution is 2.26. The summed E-state index contributed by atoms with van der Waals surface area (Å²) in [4.78, 5) is 35.2. The molecule has 174 valence electrons. The summed E-state index contributed by atoms with van der Waals surface area (Å²) < 4.78 is 8.16. The van der Waals surface area contributed by atoms with Gasteiger partial charge in [0.15, 0.2) is 5.65 Å². The van der Waals surface area contributed by atoms with Gasteiger partial charge in [0.25, 0.3) is 5.56 Å². The maximum absolute atomic E-state index is 13.0. The van der Waals surface area contributed by atoms with Gasteiger partial charge < -0.3 is 9.84 Å². The van der Waals surface area contributed by atoms with Crippen molar-refractivity contribution in [1.29, 1.82) is 0 Å². The van der Waals surface area contributed by atoms with Gasteiger partial charge in [-0.2, -0.15) is 0 Å². The molecule has 0 fully saturated rings. The van der Waals surface area contributed by atoms with E-state index in [0.29, 0.717) is 40.6 Å². The number of aliphatic hydroxyl groups excluding tert-OH is 1. The monoisotopic (exact) mass is 452 g/mol. The Labute approximate surface area is 188 Å². The van der Waals surface area contributed by atoms with Gasteiger partial charge in [-0.15, -0.1) is 11.8 Å². The predicted octanol–water partition coefficient (Wildman–Crippen LogP) is 2.61. The van der Waals surface area contributed by atoms with Crippen LogP contribution in [0, 0.1) is 11.3 Å². The lowest BCUT2D eigenvalue weighted by molar-refractivity contribution is 0.0152. The van der Waals surface area contributed by atoms with E-state index in [9.17, 15) is 14.7 Å². The van der Waals surface area contributed by atoms with Crippen LogP contribution in [-0.2, 0) is 24.8 Å². The van der Waals surface area contributed by atoms with Gasteiger partial charge in [-0.1, -0.05) is 34.6 Å². The van der Waals surface area contributed by atoms with Crippen molar-refractivity contribution < 1.29 is 9.84 Å². The Morgan fingerprint density at radius 1 is 1.13 bits per heavy atom. The van der Waals surface area contributed by atoms with Crippen molar-refractivity contribution in [2.24, 2.45) is 18.4 Å². The van der Waals surface area contributed by atoms with Gasteiger partial charge in [0, 0.05) is 25.8 Å². The maximum Gasteiger partial charge on any atom is 0.332 e. The van der Waals surface area contributed by atoms with E-state index < -0.39 is 11.7 Å². The molecular formula is C22H36N4O4S. The highest BCUT2D eigenvalue weighted by molar-refractivity contribution is 7.99. The number of hydrogen-bond donors (Lipinski definition) is 1. The number of hydrogen-bond acceptors (Lipinski definition) is 7. The molecule has 2 aromatic rings. The van der Waals surface area contributed by atoms with Crippen LogP contribution >= 0.6 is 11.8 Å². The van der Waals surface area contributed by atoms with Crippen molar-refractivity contribution in [3.8, 4) is 0 Å². The molecule has 0 saturated heterocycles. The SMILES string of the molecule is CC(C)Cn1c(=O)n(C)c(=O)c2c(SC[C@H](O)COC(C)C)nc(CC(C)(C)C)nc21. The Balaban J connectivity index is 2.63. The largest absolute Gasteiger partial charge is 0.390 e. The number of ether oxygens (including phenoxy) is 1. The summed E-state index contributed by atoms with van der Waals surface area (Å²) in [6, 6.07) is 0. The van der Waals surface area contributed by atoms with Crippen molar-refractivity contribution >= 4 is 22.8 Å². The van der Waals surface area contributed by atoms with Crippen LogP contribution < -0.4 is 11.2 Å². The van der Waals surface area contributed by atoms with Crippen LogP contribution in [0.25, 0.3) is 11.0 Å². The first-order valence-corrected chi connectivity index (χ1v) is 11.7. The molecule has 8 nitrogen and oxygen atoms in total. The third-order valence-corrected chi connectivity index (χ3v) is 5.59. The minimum atomic E-state index is -0.700. The highest BCUT2D eigenvalue weighted by atomic mass is 32.2. The summed E-state index contributed by atoms with van der Waals surface area (Å²) in [6.45, 7) is 14.8. The molecule has 1 atom stereocenters. The number of aliphatic hydroxyl groups is 1. The maximum atomic E-state index is 13.0. The second kappa shape index (κ2) is 10.3. The quantitative estimate of drug-likeness (QED) is 0.461. The lowest BCUT2D eigenvalue weighted by Gasteiger charge is -2.20. The first kappa shape index (κ1) is 25.5. The zero-order valence-corrected chi connectivity index (χ0v) is 20.7. The zero-order valence-electron chi connectivity index (χ0n) is 19.9. The molecule has 0 saturated carbocycles. The Bertz CT molecular complexity index is 1020. The van der Waals surface area contributed by atoms with E-state index in [2.05, 4.69) is 30.7 Å². The number of aromatic nitrogens is 4. The average Bonchev–Trinajstić information content (AvgIpc) is 2.64. The molecule has 0 amide bonds. The van der Waals surface area contributed by atoms with Crippen molar-refractivity contribution in [1.82, 2.24) is 19.1 Å².